The smallest absolute Gasteiger partial charge is 0.319 e. The molecule has 0 radical (unpaired) electrons. The molecule has 3 rings (SSSR count). The Balaban J connectivity index is 1.78. The van der Waals surface area contributed by atoms with Crippen molar-refractivity contribution < 1.29 is 9.90 Å². The number of aliphatic hydroxyl groups is 1. The van der Waals surface area contributed by atoms with Crippen molar-refractivity contribution in [2.75, 3.05) is 23.9 Å². The quantitative estimate of drug-likeness (QED) is 0.762. The fraction of sp³-hybridized carbons (Fsp3) is 0.389. The Morgan fingerprint density at radius 2 is 2.04 bits per heavy atom. The average Bonchev–Trinajstić information content (AvgIpc) is 2.95. The summed E-state index contributed by atoms with van der Waals surface area (Å²) in [5.41, 5.74) is 3.57. The summed E-state index contributed by atoms with van der Waals surface area (Å²) in [5, 5.41) is 17.4. The highest BCUT2D eigenvalue weighted by atomic mass is 32.2. The van der Waals surface area contributed by atoms with Gasteiger partial charge in [-0.1, -0.05) is 24.3 Å². The number of hydrogen-bond donors (Lipinski definition) is 3. The Hall–Kier alpha value is -1.72. The van der Waals surface area contributed by atoms with Crippen molar-refractivity contribution in [2.24, 2.45) is 0 Å². The van der Waals surface area contributed by atoms with Crippen LogP contribution in [0.3, 0.4) is 0 Å². The van der Waals surface area contributed by atoms with Crippen LogP contribution in [0, 0.1) is 0 Å². The van der Waals surface area contributed by atoms with Crippen LogP contribution in [-0.2, 0) is 12.8 Å². The number of thioether (sulfide) groups is 1. The van der Waals surface area contributed by atoms with Gasteiger partial charge in [0.25, 0.3) is 0 Å². The minimum absolute atomic E-state index is 0.0215. The van der Waals surface area contributed by atoms with Gasteiger partial charge in [-0.05, 0) is 48.1 Å². The zero-order valence-electron chi connectivity index (χ0n) is 13.3. The van der Waals surface area contributed by atoms with E-state index < -0.39 is 0 Å². The Kier molecular flexibility index (Phi) is 5.08. The van der Waals surface area contributed by atoms with E-state index >= 15 is 0 Å². The number of amides is 2. The van der Waals surface area contributed by atoms with E-state index in [1.165, 1.54) is 16.5 Å². The van der Waals surface area contributed by atoms with Crippen LogP contribution in [0.5, 0.6) is 0 Å². The van der Waals surface area contributed by atoms with E-state index in [4.69, 9.17) is 5.11 Å². The predicted molar refractivity (Wildman–Crippen MR) is 97.4 cm³/mol. The normalized spacial score (nSPS) is 14.0. The third-order valence-electron chi connectivity index (χ3n) is 4.31. The molecule has 1 aliphatic carbocycles. The molecule has 0 aliphatic heterocycles. The van der Waals surface area contributed by atoms with Crippen molar-refractivity contribution in [1.29, 1.82) is 0 Å². The van der Waals surface area contributed by atoms with Crippen molar-refractivity contribution in [2.45, 2.75) is 25.3 Å². The molecule has 5 heteroatoms. The summed E-state index contributed by atoms with van der Waals surface area (Å²) < 4.78 is 0. The molecule has 1 atom stereocenters. The Morgan fingerprint density at radius 1 is 1.26 bits per heavy atom. The van der Waals surface area contributed by atoms with Crippen LogP contribution < -0.4 is 10.6 Å². The number of benzene rings is 2. The first kappa shape index (κ1) is 16.1. The van der Waals surface area contributed by atoms with Gasteiger partial charge in [-0.25, -0.2) is 4.79 Å². The lowest BCUT2D eigenvalue weighted by molar-refractivity contribution is 0.241. The largest absolute Gasteiger partial charge is 0.396 e. The highest BCUT2D eigenvalue weighted by Crippen LogP contribution is 2.34. The number of hydrogen-bond acceptors (Lipinski definition) is 3. The lowest BCUT2D eigenvalue weighted by Gasteiger charge is -2.18. The van der Waals surface area contributed by atoms with Crippen molar-refractivity contribution in [1.82, 2.24) is 5.32 Å². The van der Waals surface area contributed by atoms with Gasteiger partial charge in [-0.2, -0.15) is 11.8 Å². The van der Waals surface area contributed by atoms with Crippen molar-refractivity contribution in [3.8, 4) is 0 Å². The van der Waals surface area contributed by atoms with Crippen molar-refractivity contribution in [3.63, 3.8) is 0 Å². The average molecular weight is 330 g/mol. The molecule has 1 aliphatic rings. The van der Waals surface area contributed by atoms with Crippen molar-refractivity contribution in [3.05, 3.63) is 41.5 Å². The zero-order valence-corrected chi connectivity index (χ0v) is 14.1. The molecule has 122 valence electrons. The summed E-state index contributed by atoms with van der Waals surface area (Å²) in [6, 6.07) is 10.2. The van der Waals surface area contributed by atoms with E-state index in [2.05, 4.69) is 34.9 Å². The van der Waals surface area contributed by atoms with Gasteiger partial charge in [-0.15, -0.1) is 0 Å². The van der Waals surface area contributed by atoms with E-state index in [0.29, 0.717) is 6.42 Å². The number of nitrogens with one attached hydrogen (secondary N) is 2. The van der Waals surface area contributed by atoms with Gasteiger partial charge in [-0.3, -0.25) is 0 Å². The molecule has 1 unspecified atom stereocenters. The molecule has 23 heavy (non-hydrogen) atoms. The van der Waals surface area contributed by atoms with Gasteiger partial charge in [0.2, 0.25) is 0 Å². The SMILES string of the molecule is CSCC(CCO)NC(=O)Nc1ccc2c3c(cccc13)CC2. The molecule has 0 aromatic heterocycles. The van der Waals surface area contributed by atoms with Crippen LogP contribution in [0.1, 0.15) is 17.5 Å². The van der Waals surface area contributed by atoms with Crippen LogP contribution in [-0.4, -0.2) is 35.8 Å². The highest BCUT2D eigenvalue weighted by Gasteiger charge is 2.17. The summed E-state index contributed by atoms with van der Waals surface area (Å²) >= 11 is 1.66. The third kappa shape index (κ3) is 3.46. The molecule has 2 aromatic rings. The maximum absolute atomic E-state index is 12.3. The Labute approximate surface area is 140 Å². The van der Waals surface area contributed by atoms with Gasteiger partial charge in [0, 0.05) is 23.8 Å². The second-order valence-corrected chi connectivity index (χ2v) is 6.79. The number of aliphatic hydroxyl groups excluding tert-OH is 1. The number of anilines is 1. The predicted octanol–water partition coefficient (Wildman–Crippen LogP) is 3.17. The lowest BCUT2D eigenvalue weighted by Crippen LogP contribution is -2.40. The molecule has 0 heterocycles. The second-order valence-electron chi connectivity index (χ2n) is 5.87. The second kappa shape index (κ2) is 7.23. The summed E-state index contributed by atoms with van der Waals surface area (Å²) in [6.07, 6.45) is 4.72. The molecule has 0 fully saturated rings. The van der Waals surface area contributed by atoms with Gasteiger partial charge in [0.05, 0.1) is 5.69 Å². The fourth-order valence-corrected chi connectivity index (χ4v) is 3.91. The third-order valence-corrected chi connectivity index (χ3v) is 5.04. The highest BCUT2D eigenvalue weighted by molar-refractivity contribution is 7.98. The maximum atomic E-state index is 12.3. The first-order chi connectivity index (χ1) is 11.2. The van der Waals surface area contributed by atoms with Crippen molar-refractivity contribution >= 4 is 34.3 Å². The van der Waals surface area contributed by atoms with E-state index in [1.807, 2.05) is 12.3 Å². The first-order valence-corrected chi connectivity index (χ1v) is 9.33. The van der Waals surface area contributed by atoms with Crippen LogP contribution in [0.2, 0.25) is 0 Å². The summed E-state index contributed by atoms with van der Waals surface area (Å²) in [6.45, 7) is 0.0759. The number of rotatable bonds is 6. The van der Waals surface area contributed by atoms with Crippen LogP contribution in [0.4, 0.5) is 10.5 Å². The monoisotopic (exact) mass is 330 g/mol. The van der Waals surface area contributed by atoms with Gasteiger partial charge in [0.1, 0.15) is 0 Å². The standard InChI is InChI=1S/C18H22N2O2S/c1-23-11-14(9-10-21)19-18(22)20-16-8-7-13-6-5-12-3-2-4-15(16)17(12)13/h2-4,7-8,14,21H,5-6,9-11H2,1H3,(H2,19,20,22). The molecular formula is C18H22N2O2S. The number of aryl methyl sites for hydroxylation is 2. The topological polar surface area (TPSA) is 61.4 Å². The summed E-state index contributed by atoms with van der Waals surface area (Å²) in [5.74, 6) is 0.789. The summed E-state index contributed by atoms with van der Waals surface area (Å²) in [7, 11) is 0. The van der Waals surface area contributed by atoms with E-state index in [0.717, 1.165) is 29.7 Å². The minimum Gasteiger partial charge on any atom is -0.396 e. The maximum Gasteiger partial charge on any atom is 0.319 e. The minimum atomic E-state index is -0.212. The van der Waals surface area contributed by atoms with Crippen LogP contribution in [0.15, 0.2) is 30.3 Å². The van der Waals surface area contributed by atoms with E-state index in [9.17, 15) is 4.79 Å². The van der Waals surface area contributed by atoms with Crippen LogP contribution in [0.25, 0.3) is 10.8 Å². The molecule has 2 aromatic carbocycles. The van der Waals surface area contributed by atoms with Gasteiger partial charge in [0.15, 0.2) is 0 Å². The molecule has 3 N–H and O–H groups in total. The summed E-state index contributed by atoms with van der Waals surface area (Å²) in [4.78, 5) is 12.3. The van der Waals surface area contributed by atoms with Crippen LogP contribution >= 0.6 is 11.8 Å². The molecular weight excluding hydrogens is 308 g/mol. The van der Waals surface area contributed by atoms with Gasteiger partial charge >= 0.3 is 6.03 Å². The number of urea groups is 1. The van der Waals surface area contributed by atoms with Gasteiger partial charge < -0.3 is 15.7 Å². The fourth-order valence-electron chi connectivity index (χ4n) is 3.25. The molecule has 2 amide bonds. The first-order valence-electron chi connectivity index (χ1n) is 7.93. The Bertz CT molecular complexity index is 701. The lowest BCUT2D eigenvalue weighted by atomic mass is 10.0. The molecule has 0 saturated carbocycles. The molecule has 4 nitrogen and oxygen atoms in total. The molecule has 0 saturated heterocycles. The zero-order chi connectivity index (χ0) is 16.2. The number of carbonyl (C=O) groups excluding carboxylic acids is 1. The molecule has 0 bridgehead atoms. The van der Waals surface area contributed by atoms with E-state index in [-0.39, 0.29) is 18.7 Å². The number of carbonyl (C=O) groups is 1. The molecule has 0 spiro atoms. The Morgan fingerprint density at radius 3 is 2.78 bits per heavy atom. The van der Waals surface area contributed by atoms with E-state index in [1.54, 1.807) is 11.8 Å².